The highest BCUT2D eigenvalue weighted by Gasteiger charge is 2.12. The fourth-order valence-corrected chi connectivity index (χ4v) is 2.16. The van der Waals surface area contributed by atoms with Crippen molar-refractivity contribution in [3.8, 4) is 11.5 Å². The molecule has 0 aliphatic heterocycles. The predicted octanol–water partition coefficient (Wildman–Crippen LogP) is 2.63. The highest BCUT2D eigenvalue weighted by molar-refractivity contribution is 5.91. The maximum atomic E-state index is 12.2. The highest BCUT2D eigenvalue weighted by atomic mass is 16.5. The molecule has 7 nitrogen and oxygen atoms in total. The van der Waals surface area contributed by atoms with Gasteiger partial charge in [0.15, 0.2) is 11.5 Å². The highest BCUT2D eigenvalue weighted by Crippen LogP contribution is 2.27. The Balaban J connectivity index is 1.98. The first-order valence-electron chi connectivity index (χ1n) is 7.91. The molecule has 0 atom stereocenters. The number of carbonyl (C=O) groups is 1. The Morgan fingerprint density at radius 1 is 1.08 bits per heavy atom. The molecule has 0 fully saturated rings. The number of nitrogens with one attached hydrogen (secondary N) is 2. The Hall–Kier alpha value is -2.83. The van der Waals surface area contributed by atoms with Crippen LogP contribution in [-0.4, -0.2) is 35.6 Å². The molecule has 2 rings (SSSR count). The number of methoxy groups -OCH3 is 2. The minimum atomic E-state index is -0.287. The fraction of sp³-hybridized carbons (Fsp3) is 0.389. The summed E-state index contributed by atoms with van der Waals surface area (Å²) in [6.07, 6.45) is 3.01. The van der Waals surface area contributed by atoms with E-state index in [1.807, 2.05) is 32.9 Å². The van der Waals surface area contributed by atoms with E-state index in [0.29, 0.717) is 23.9 Å². The molecule has 25 heavy (non-hydrogen) atoms. The van der Waals surface area contributed by atoms with Crippen LogP contribution in [0.1, 0.15) is 36.8 Å². The largest absolute Gasteiger partial charge is 0.493 e. The SMILES string of the molecule is COc1ccc(CNC(=O)c2cnc(NC(C)(C)C)cn2)cc1OC. The van der Waals surface area contributed by atoms with Gasteiger partial charge in [0.1, 0.15) is 11.5 Å². The maximum absolute atomic E-state index is 12.2. The average molecular weight is 344 g/mol. The van der Waals surface area contributed by atoms with Gasteiger partial charge in [0, 0.05) is 12.1 Å². The molecule has 1 aromatic carbocycles. The summed E-state index contributed by atoms with van der Waals surface area (Å²) in [5.41, 5.74) is 1.04. The van der Waals surface area contributed by atoms with Crippen LogP contribution in [0.15, 0.2) is 30.6 Å². The van der Waals surface area contributed by atoms with E-state index in [4.69, 9.17) is 9.47 Å². The number of hydrogen-bond acceptors (Lipinski definition) is 6. The summed E-state index contributed by atoms with van der Waals surface area (Å²) < 4.78 is 10.4. The van der Waals surface area contributed by atoms with E-state index < -0.39 is 0 Å². The lowest BCUT2D eigenvalue weighted by Crippen LogP contribution is -2.27. The lowest BCUT2D eigenvalue weighted by Gasteiger charge is -2.20. The lowest BCUT2D eigenvalue weighted by molar-refractivity contribution is 0.0945. The molecular formula is C18H24N4O3. The summed E-state index contributed by atoms with van der Waals surface area (Å²) in [7, 11) is 3.15. The van der Waals surface area contributed by atoms with Gasteiger partial charge in [0.25, 0.3) is 5.91 Å². The molecule has 0 aliphatic carbocycles. The minimum Gasteiger partial charge on any atom is -0.493 e. The molecule has 1 amide bonds. The normalized spacial score (nSPS) is 10.9. The Kier molecular flexibility index (Phi) is 5.80. The van der Waals surface area contributed by atoms with Gasteiger partial charge in [-0.05, 0) is 38.5 Å². The van der Waals surface area contributed by atoms with Crippen LogP contribution in [0.3, 0.4) is 0 Å². The smallest absolute Gasteiger partial charge is 0.271 e. The van der Waals surface area contributed by atoms with E-state index in [9.17, 15) is 4.79 Å². The Bertz CT molecular complexity index is 724. The van der Waals surface area contributed by atoms with Crippen molar-refractivity contribution in [2.45, 2.75) is 32.9 Å². The molecule has 0 bridgehead atoms. The average Bonchev–Trinajstić information content (AvgIpc) is 2.58. The summed E-state index contributed by atoms with van der Waals surface area (Å²) in [4.78, 5) is 20.6. The van der Waals surface area contributed by atoms with Gasteiger partial charge in [0.2, 0.25) is 0 Å². The summed E-state index contributed by atoms with van der Waals surface area (Å²) in [5.74, 6) is 1.60. The van der Waals surface area contributed by atoms with Gasteiger partial charge in [-0.3, -0.25) is 4.79 Å². The second-order valence-electron chi connectivity index (χ2n) is 6.53. The van der Waals surface area contributed by atoms with E-state index in [2.05, 4.69) is 20.6 Å². The van der Waals surface area contributed by atoms with Crippen LogP contribution in [0.4, 0.5) is 5.82 Å². The number of nitrogens with zero attached hydrogens (tertiary/aromatic N) is 2. The number of hydrogen-bond donors (Lipinski definition) is 2. The van der Waals surface area contributed by atoms with E-state index in [1.165, 1.54) is 6.20 Å². The van der Waals surface area contributed by atoms with Crippen molar-refractivity contribution in [2.75, 3.05) is 19.5 Å². The molecule has 0 saturated carbocycles. The molecule has 0 unspecified atom stereocenters. The second kappa shape index (κ2) is 7.83. The van der Waals surface area contributed by atoms with Crippen LogP contribution in [0.2, 0.25) is 0 Å². The zero-order chi connectivity index (χ0) is 18.4. The third kappa shape index (κ3) is 5.34. The Morgan fingerprint density at radius 3 is 2.36 bits per heavy atom. The van der Waals surface area contributed by atoms with Crippen molar-refractivity contribution in [3.63, 3.8) is 0 Å². The standard InChI is InChI=1S/C18H24N4O3/c1-18(2,3)22-16-11-19-13(10-20-16)17(23)21-9-12-6-7-14(24-4)15(8-12)25-5/h6-8,10-11H,9H2,1-5H3,(H,20,22)(H,21,23). The molecule has 7 heteroatoms. The first-order valence-corrected chi connectivity index (χ1v) is 7.91. The van der Waals surface area contributed by atoms with Gasteiger partial charge in [-0.2, -0.15) is 0 Å². The first-order chi connectivity index (χ1) is 11.8. The summed E-state index contributed by atoms with van der Waals surface area (Å²) in [6, 6.07) is 5.48. The van der Waals surface area contributed by atoms with Crippen LogP contribution in [0.5, 0.6) is 11.5 Å². The van der Waals surface area contributed by atoms with Crippen molar-refractivity contribution in [3.05, 3.63) is 41.9 Å². The zero-order valence-corrected chi connectivity index (χ0v) is 15.2. The molecule has 0 radical (unpaired) electrons. The second-order valence-corrected chi connectivity index (χ2v) is 6.53. The van der Waals surface area contributed by atoms with E-state index in [-0.39, 0.29) is 17.1 Å². The van der Waals surface area contributed by atoms with Gasteiger partial charge in [-0.25, -0.2) is 9.97 Å². The Morgan fingerprint density at radius 2 is 1.80 bits per heavy atom. The van der Waals surface area contributed by atoms with Crippen molar-refractivity contribution in [1.29, 1.82) is 0 Å². The molecule has 1 heterocycles. The first kappa shape index (κ1) is 18.5. The summed E-state index contributed by atoms with van der Waals surface area (Å²) >= 11 is 0. The van der Waals surface area contributed by atoms with Crippen molar-refractivity contribution < 1.29 is 14.3 Å². The minimum absolute atomic E-state index is 0.119. The monoisotopic (exact) mass is 344 g/mol. The number of rotatable bonds is 6. The quantitative estimate of drug-likeness (QED) is 0.838. The van der Waals surface area contributed by atoms with Crippen LogP contribution in [0.25, 0.3) is 0 Å². The third-order valence-electron chi connectivity index (χ3n) is 3.29. The topological polar surface area (TPSA) is 85.4 Å². The van der Waals surface area contributed by atoms with Gasteiger partial charge in [-0.15, -0.1) is 0 Å². The van der Waals surface area contributed by atoms with Crippen LogP contribution < -0.4 is 20.1 Å². The van der Waals surface area contributed by atoms with Crippen molar-refractivity contribution >= 4 is 11.7 Å². The molecule has 0 saturated heterocycles. The van der Waals surface area contributed by atoms with Crippen LogP contribution in [0, 0.1) is 0 Å². The van der Waals surface area contributed by atoms with E-state index in [1.54, 1.807) is 26.5 Å². The molecule has 1 aromatic heterocycles. The van der Waals surface area contributed by atoms with Gasteiger partial charge < -0.3 is 20.1 Å². The third-order valence-corrected chi connectivity index (χ3v) is 3.29. The van der Waals surface area contributed by atoms with Crippen LogP contribution in [-0.2, 0) is 6.54 Å². The van der Waals surface area contributed by atoms with E-state index >= 15 is 0 Å². The molecule has 2 aromatic rings. The van der Waals surface area contributed by atoms with Crippen LogP contribution >= 0.6 is 0 Å². The lowest BCUT2D eigenvalue weighted by atomic mass is 10.1. The molecular weight excluding hydrogens is 320 g/mol. The predicted molar refractivity (Wildman–Crippen MR) is 96.1 cm³/mol. The summed E-state index contributed by atoms with van der Waals surface area (Å²) in [5, 5.41) is 6.01. The van der Waals surface area contributed by atoms with Gasteiger partial charge in [-0.1, -0.05) is 6.07 Å². The maximum Gasteiger partial charge on any atom is 0.271 e. The number of benzene rings is 1. The number of amides is 1. The number of ether oxygens (including phenoxy) is 2. The molecule has 0 spiro atoms. The Labute approximate surface area is 147 Å². The summed E-state index contributed by atoms with van der Waals surface area (Å²) in [6.45, 7) is 6.43. The molecule has 0 aliphatic rings. The molecule has 134 valence electrons. The number of carbonyl (C=O) groups excluding carboxylic acids is 1. The van der Waals surface area contributed by atoms with Gasteiger partial charge in [0.05, 0.1) is 26.6 Å². The molecule has 2 N–H and O–H groups in total. The number of anilines is 1. The van der Waals surface area contributed by atoms with Gasteiger partial charge >= 0.3 is 0 Å². The van der Waals surface area contributed by atoms with Crippen molar-refractivity contribution in [1.82, 2.24) is 15.3 Å². The van der Waals surface area contributed by atoms with Crippen molar-refractivity contribution in [2.24, 2.45) is 0 Å². The fourth-order valence-electron chi connectivity index (χ4n) is 2.16. The zero-order valence-electron chi connectivity index (χ0n) is 15.2. The van der Waals surface area contributed by atoms with E-state index in [0.717, 1.165) is 5.56 Å². The number of aromatic nitrogens is 2.